The van der Waals surface area contributed by atoms with Gasteiger partial charge >= 0.3 is 0 Å². The molecular formula is C22H15N3O. The van der Waals surface area contributed by atoms with Crippen molar-refractivity contribution in [3.05, 3.63) is 89.7 Å². The lowest BCUT2D eigenvalue weighted by atomic mass is 10.1. The van der Waals surface area contributed by atoms with Gasteiger partial charge < -0.3 is 0 Å². The summed E-state index contributed by atoms with van der Waals surface area (Å²) < 4.78 is 1.70. The molecule has 2 heterocycles. The number of rotatable bonds is 2. The first kappa shape index (κ1) is 15.8. The van der Waals surface area contributed by atoms with E-state index < -0.39 is 0 Å². The van der Waals surface area contributed by atoms with Gasteiger partial charge in [0.05, 0.1) is 22.8 Å². The van der Waals surface area contributed by atoms with Crippen molar-refractivity contribution < 1.29 is 4.79 Å². The van der Waals surface area contributed by atoms with Crippen LogP contribution in [-0.2, 0) is 0 Å². The molecule has 0 unspecified atom stereocenters. The third-order valence-electron chi connectivity index (χ3n) is 4.36. The molecule has 0 atom stereocenters. The van der Waals surface area contributed by atoms with Crippen LogP contribution in [0.2, 0.25) is 0 Å². The zero-order valence-electron chi connectivity index (χ0n) is 14.2. The molecule has 0 saturated carbocycles. The molecule has 2 aromatic carbocycles. The smallest absolute Gasteiger partial charge is 0.262 e. The second-order valence-corrected chi connectivity index (χ2v) is 6.17. The summed E-state index contributed by atoms with van der Waals surface area (Å²) in [6.45, 7) is 1.96. The zero-order valence-corrected chi connectivity index (χ0v) is 14.2. The van der Waals surface area contributed by atoms with E-state index in [4.69, 9.17) is 0 Å². The molecule has 0 radical (unpaired) electrons. The van der Waals surface area contributed by atoms with E-state index >= 15 is 0 Å². The molecule has 2 aromatic heterocycles. The van der Waals surface area contributed by atoms with Crippen LogP contribution in [0.25, 0.3) is 22.2 Å². The van der Waals surface area contributed by atoms with Crippen molar-refractivity contribution in [2.45, 2.75) is 6.92 Å². The Labute approximate surface area is 151 Å². The topological polar surface area (TPSA) is 58.7 Å². The number of pyridine rings is 1. The van der Waals surface area contributed by atoms with E-state index in [1.54, 1.807) is 29.1 Å². The van der Waals surface area contributed by atoms with Crippen LogP contribution in [-0.4, -0.2) is 15.5 Å². The van der Waals surface area contributed by atoms with Gasteiger partial charge in [-0.1, -0.05) is 17.7 Å². The maximum Gasteiger partial charge on any atom is 0.262 e. The molecule has 4 rings (SSSR count). The first-order valence-corrected chi connectivity index (χ1v) is 8.25. The number of hydrogen-bond acceptors (Lipinski definition) is 3. The number of carbonyl (C=O) groups is 1. The first-order chi connectivity index (χ1) is 12.7. The van der Waals surface area contributed by atoms with Gasteiger partial charge in [0.1, 0.15) is 0 Å². The molecule has 0 N–H and O–H groups in total. The Hall–Kier alpha value is -3.71. The summed E-state index contributed by atoms with van der Waals surface area (Å²) in [6.07, 6.45) is 3.44. The van der Waals surface area contributed by atoms with Gasteiger partial charge in [0.25, 0.3) is 5.91 Å². The fourth-order valence-corrected chi connectivity index (χ4v) is 3.14. The summed E-state index contributed by atoms with van der Waals surface area (Å²) in [7, 11) is 0. The van der Waals surface area contributed by atoms with E-state index in [1.165, 1.54) is 0 Å². The molecule has 124 valence electrons. The number of nitriles is 1. The van der Waals surface area contributed by atoms with Gasteiger partial charge in [0.15, 0.2) is 0 Å². The fourth-order valence-electron chi connectivity index (χ4n) is 3.14. The largest absolute Gasteiger partial charge is 0.276 e. The fraction of sp³-hybridized carbons (Fsp3) is 0.0455. The Morgan fingerprint density at radius 2 is 1.96 bits per heavy atom. The molecule has 0 fully saturated rings. The van der Waals surface area contributed by atoms with Crippen molar-refractivity contribution in [3.8, 4) is 17.3 Å². The molecular weight excluding hydrogens is 322 g/mol. The number of benzene rings is 2. The summed E-state index contributed by atoms with van der Waals surface area (Å²) in [6, 6.07) is 20.7. The molecule has 0 saturated heterocycles. The molecule has 26 heavy (non-hydrogen) atoms. The molecule has 4 aromatic rings. The van der Waals surface area contributed by atoms with Gasteiger partial charge in [0, 0.05) is 28.9 Å². The van der Waals surface area contributed by atoms with Crippen LogP contribution in [0.15, 0.2) is 73.1 Å². The number of carbonyl (C=O) groups excluding carboxylic acids is 1. The zero-order chi connectivity index (χ0) is 18.1. The average Bonchev–Trinajstić information content (AvgIpc) is 3.06. The summed E-state index contributed by atoms with van der Waals surface area (Å²) in [5, 5.41) is 10.0. The lowest BCUT2D eigenvalue weighted by Gasteiger charge is -2.10. The summed E-state index contributed by atoms with van der Waals surface area (Å²) in [5.41, 5.74) is 4.60. The minimum Gasteiger partial charge on any atom is -0.276 e. The number of fused-ring (bicyclic) bond motifs is 1. The lowest BCUT2D eigenvalue weighted by molar-refractivity contribution is 0.0966. The van der Waals surface area contributed by atoms with Crippen LogP contribution >= 0.6 is 0 Å². The predicted octanol–water partition coefficient (Wildman–Crippen LogP) is 4.57. The average molecular weight is 337 g/mol. The Morgan fingerprint density at radius 3 is 2.69 bits per heavy atom. The number of hydrogen-bond donors (Lipinski definition) is 0. The van der Waals surface area contributed by atoms with E-state index in [0.717, 1.165) is 27.7 Å². The van der Waals surface area contributed by atoms with E-state index in [0.29, 0.717) is 11.1 Å². The Balaban J connectivity index is 2.00. The monoisotopic (exact) mass is 337 g/mol. The molecule has 0 aliphatic rings. The quantitative estimate of drug-likeness (QED) is 0.538. The number of nitrogens with zero attached hydrogens (tertiary/aromatic N) is 3. The molecule has 0 amide bonds. The van der Waals surface area contributed by atoms with Gasteiger partial charge in [-0.25, -0.2) is 0 Å². The maximum atomic E-state index is 13.3. The summed E-state index contributed by atoms with van der Waals surface area (Å²) in [5.74, 6) is -0.104. The third-order valence-corrected chi connectivity index (χ3v) is 4.36. The van der Waals surface area contributed by atoms with Gasteiger partial charge in [-0.2, -0.15) is 5.26 Å². The van der Waals surface area contributed by atoms with Gasteiger partial charge in [-0.05, 0) is 55.5 Å². The van der Waals surface area contributed by atoms with Gasteiger partial charge in [0.2, 0.25) is 0 Å². The van der Waals surface area contributed by atoms with Gasteiger partial charge in [-0.15, -0.1) is 0 Å². The van der Waals surface area contributed by atoms with Crippen molar-refractivity contribution in [1.29, 1.82) is 5.26 Å². The summed E-state index contributed by atoms with van der Waals surface area (Å²) in [4.78, 5) is 17.5. The van der Waals surface area contributed by atoms with Crippen molar-refractivity contribution >= 4 is 16.8 Å². The van der Waals surface area contributed by atoms with Crippen LogP contribution in [0.1, 0.15) is 21.5 Å². The normalized spacial score (nSPS) is 10.6. The van der Waals surface area contributed by atoms with Crippen molar-refractivity contribution in [3.63, 3.8) is 0 Å². The molecule has 4 nitrogen and oxygen atoms in total. The van der Waals surface area contributed by atoms with Crippen molar-refractivity contribution in [2.75, 3.05) is 0 Å². The van der Waals surface area contributed by atoms with Crippen LogP contribution in [0.3, 0.4) is 0 Å². The van der Waals surface area contributed by atoms with Crippen LogP contribution < -0.4 is 0 Å². The van der Waals surface area contributed by atoms with Gasteiger partial charge in [-0.3, -0.25) is 14.3 Å². The third kappa shape index (κ3) is 2.66. The minimum atomic E-state index is -0.104. The van der Waals surface area contributed by atoms with Crippen molar-refractivity contribution in [1.82, 2.24) is 9.55 Å². The van der Waals surface area contributed by atoms with Crippen LogP contribution in [0.5, 0.6) is 0 Å². The second kappa shape index (κ2) is 6.30. The van der Waals surface area contributed by atoms with E-state index in [2.05, 4.69) is 11.1 Å². The number of aryl methyl sites for hydroxylation is 1. The Morgan fingerprint density at radius 1 is 1.08 bits per heavy atom. The Bertz CT molecular complexity index is 1170. The van der Waals surface area contributed by atoms with E-state index in [9.17, 15) is 10.1 Å². The predicted molar refractivity (Wildman–Crippen MR) is 101 cm³/mol. The highest BCUT2D eigenvalue weighted by Gasteiger charge is 2.18. The maximum absolute atomic E-state index is 13.3. The Kier molecular flexibility index (Phi) is 3.83. The molecule has 0 bridgehead atoms. The molecule has 0 aliphatic heterocycles. The second-order valence-electron chi connectivity index (χ2n) is 6.17. The van der Waals surface area contributed by atoms with E-state index in [1.807, 2.05) is 55.5 Å². The minimum absolute atomic E-state index is 0.104. The van der Waals surface area contributed by atoms with Crippen LogP contribution in [0, 0.1) is 18.3 Å². The standard InChI is InChI=1S/C22H15N3O/c1-15-4-2-5-17(10-15)22(26)25-20-8-7-16(13-23)11-19(20)12-21(25)18-6-3-9-24-14-18/h2-12,14H,1H3. The highest BCUT2D eigenvalue weighted by atomic mass is 16.2. The molecule has 4 heteroatoms. The molecule has 0 spiro atoms. The summed E-state index contributed by atoms with van der Waals surface area (Å²) >= 11 is 0. The van der Waals surface area contributed by atoms with E-state index in [-0.39, 0.29) is 5.91 Å². The highest BCUT2D eigenvalue weighted by molar-refractivity contribution is 6.06. The molecule has 0 aliphatic carbocycles. The van der Waals surface area contributed by atoms with Crippen molar-refractivity contribution in [2.24, 2.45) is 0 Å². The SMILES string of the molecule is Cc1cccc(C(=O)n2c(-c3cccnc3)cc3cc(C#N)ccc32)c1. The number of aromatic nitrogens is 2. The van der Waals surface area contributed by atoms with Crippen LogP contribution in [0.4, 0.5) is 0 Å². The lowest BCUT2D eigenvalue weighted by Crippen LogP contribution is -2.13. The highest BCUT2D eigenvalue weighted by Crippen LogP contribution is 2.29. The first-order valence-electron chi connectivity index (χ1n) is 8.25.